The Labute approximate surface area is 213 Å². The van der Waals surface area contributed by atoms with Crippen LogP contribution in [-0.4, -0.2) is 44.0 Å². The van der Waals surface area contributed by atoms with Gasteiger partial charge in [-0.3, -0.25) is 9.97 Å². The maximum atomic E-state index is 4.69. The van der Waals surface area contributed by atoms with Crippen LogP contribution in [0.3, 0.4) is 0 Å². The number of imidazole rings is 1. The second kappa shape index (κ2) is 9.19. The molecule has 0 bridgehead atoms. The number of H-pyrrole nitrogens is 1. The summed E-state index contributed by atoms with van der Waals surface area (Å²) in [6, 6.07) is 19.9. The summed E-state index contributed by atoms with van der Waals surface area (Å²) in [6.07, 6.45) is 5.37. The quantitative estimate of drug-likeness (QED) is 0.270. The molecule has 0 radical (unpaired) electrons. The molecule has 6 rings (SSSR count). The van der Waals surface area contributed by atoms with Gasteiger partial charge in [-0.25, -0.2) is 15.0 Å². The van der Waals surface area contributed by atoms with Crippen LogP contribution in [0.2, 0.25) is 0 Å². The van der Waals surface area contributed by atoms with E-state index in [0.29, 0.717) is 11.5 Å². The molecule has 0 aliphatic heterocycles. The van der Waals surface area contributed by atoms with Crippen molar-refractivity contribution in [1.82, 2.24) is 29.9 Å². The Balaban J connectivity index is 1.24. The highest BCUT2D eigenvalue weighted by Crippen LogP contribution is 2.29. The zero-order chi connectivity index (χ0) is 25.4. The number of nitrogens with zero attached hydrogens (tertiary/aromatic N) is 6. The molecule has 0 fully saturated rings. The number of benzene rings is 1. The molecule has 5 aromatic heterocycles. The van der Waals surface area contributed by atoms with E-state index in [1.54, 1.807) is 18.6 Å². The summed E-state index contributed by atoms with van der Waals surface area (Å²) in [7, 11) is 4.05. The summed E-state index contributed by atoms with van der Waals surface area (Å²) in [6.45, 7) is 1.96. The molecule has 0 spiro atoms. The summed E-state index contributed by atoms with van der Waals surface area (Å²) in [4.78, 5) is 28.1. The molecule has 0 amide bonds. The predicted octanol–water partition coefficient (Wildman–Crippen LogP) is 5.82. The van der Waals surface area contributed by atoms with E-state index in [2.05, 4.69) is 52.6 Å². The smallest absolute Gasteiger partial charge is 0.180 e. The van der Waals surface area contributed by atoms with Crippen LogP contribution in [0.1, 0.15) is 5.69 Å². The summed E-state index contributed by atoms with van der Waals surface area (Å²) in [5.41, 5.74) is 7.22. The molecular formula is C28H25N9. The van der Waals surface area contributed by atoms with Gasteiger partial charge >= 0.3 is 0 Å². The average molecular weight is 488 g/mol. The van der Waals surface area contributed by atoms with Crippen molar-refractivity contribution in [2.45, 2.75) is 6.92 Å². The van der Waals surface area contributed by atoms with Crippen LogP contribution in [0.15, 0.2) is 79.3 Å². The predicted molar refractivity (Wildman–Crippen MR) is 149 cm³/mol. The number of aromatic amines is 1. The summed E-state index contributed by atoms with van der Waals surface area (Å²) >= 11 is 0. The average Bonchev–Trinajstić information content (AvgIpc) is 3.32. The van der Waals surface area contributed by atoms with E-state index in [4.69, 9.17) is 4.98 Å². The molecule has 0 atom stereocenters. The van der Waals surface area contributed by atoms with E-state index in [0.717, 1.165) is 56.4 Å². The molecule has 0 saturated carbocycles. The van der Waals surface area contributed by atoms with Gasteiger partial charge in [0.2, 0.25) is 0 Å². The van der Waals surface area contributed by atoms with Gasteiger partial charge in [0.1, 0.15) is 17.5 Å². The van der Waals surface area contributed by atoms with Crippen molar-refractivity contribution in [2.24, 2.45) is 0 Å². The van der Waals surface area contributed by atoms with Crippen LogP contribution >= 0.6 is 0 Å². The maximum absolute atomic E-state index is 4.69. The molecule has 3 N–H and O–H groups in total. The molecule has 9 heteroatoms. The first-order valence-electron chi connectivity index (χ1n) is 11.9. The minimum Gasteiger partial charge on any atom is -0.378 e. The van der Waals surface area contributed by atoms with E-state index in [1.807, 2.05) is 69.6 Å². The molecule has 37 heavy (non-hydrogen) atoms. The van der Waals surface area contributed by atoms with Crippen LogP contribution in [0.4, 0.5) is 28.7 Å². The van der Waals surface area contributed by atoms with Gasteiger partial charge in [-0.05, 0) is 67.6 Å². The third-order valence-electron chi connectivity index (χ3n) is 6.06. The number of fused-ring (bicyclic) bond motifs is 2. The van der Waals surface area contributed by atoms with E-state index in [9.17, 15) is 0 Å². The fourth-order valence-electron chi connectivity index (χ4n) is 4.14. The van der Waals surface area contributed by atoms with Crippen LogP contribution in [0, 0.1) is 6.92 Å². The zero-order valence-corrected chi connectivity index (χ0v) is 20.7. The Bertz CT molecular complexity index is 1720. The summed E-state index contributed by atoms with van der Waals surface area (Å²) in [5, 5.41) is 7.77. The minimum absolute atomic E-state index is 0.632. The van der Waals surface area contributed by atoms with Crippen molar-refractivity contribution >= 4 is 50.8 Å². The molecule has 1 aromatic carbocycles. The molecule has 0 saturated heterocycles. The lowest BCUT2D eigenvalue weighted by Gasteiger charge is -2.15. The lowest BCUT2D eigenvalue weighted by molar-refractivity contribution is 1.13. The monoisotopic (exact) mass is 487 g/mol. The van der Waals surface area contributed by atoms with Gasteiger partial charge in [0, 0.05) is 60.7 Å². The molecule has 9 nitrogen and oxygen atoms in total. The molecule has 0 aliphatic carbocycles. The van der Waals surface area contributed by atoms with E-state index in [-0.39, 0.29) is 0 Å². The summed E-state index contributed by atoms with van der Waals surface area (Å²) in [5.74, 6) is 2.17. The molecule has 5 heterocycles. The Morgan fingerprint density at radius 1 is 0.784 bits per heavy atom. The molecule has 6 aromatic rings. The Hall–Kier alpha value is -5.05. The summed E-state index contributed by atoms with van der Waals surface area (Å²) < 4.78 is 0. The van der Waals surface area contributed by atoms with E-state index >= 15 is 0 Å². The number of rotatable bonds is 6. The number of aromatic nitrogens is 6. The van der Waals surface area contributed by atoms with Crippen molar-refractivity contribution in [3.8, 4) is 11.4 Å². The molecule has 0 aliphatic rings. The topological polar surface area (TPSA) is 108 Å². The van der Waals surface area contributed by atoms with Crippen molar-refractivity contribution in [3.63, 3.8) is 0 Å². The van der Waals surface area contributed by atoms with Crippen molar-refractivity contribution < 1.29 is 0 Å². The Morgan fingerprint density at radius 2 is 1.65 bits per heavy atom. The highest BCUT2D eigenvalue weighted by molar-refractivity contribution is 5.94. The number of aryl methyl sites for hydroxylation is 1. The lowest BCUT2D eigenvalue weighted by Crippen LogP contribution is -2.08. The van der Waals surface area contributed by atoms with Gasteiger partial charge in [-0.15, -0.1) is 0 Å². The first-order chi connectivity index (χ1) is 18.0. The Morgan fingerprint density at radius 3 is 2.46 bits per heavy atom. The van der Waals surface area contributed by atoms with Crippen molar-refractivity contribution in [3.05, 3.63) is 84.9 Å². The highest BCUT2D eigenvalue weighted by Gasteiger charge is 2.10. The van der Waals surface area contributed by atoms with Gasteiger partial charge in [-0.1, -0.05) is 0 Å². The third-order valence-corrected chi connectivity index (χ3v) is 6.06. The fraction of sp³-hybridized carbons (Fsp3) is 0.107. The highest BCUT2D eigenvalue weighted by atomic mass is 15.1. The fourth-order valence-corrected chi connectivity index (χ4v) is 4.14. The standard InChI is InChI=1S/C28H25N9/c1-17-14-19(10-12-29-17)32-26-9-7-24-28(35-26)36-27(34-24)18-4-8-25(31-16-18)33-23-11-13-30-22-6-5-20(37(2)3)15-21(22)23/h4-16H,1-3H3,(H,30,31,33)(H2,29,32,34,35,36). The first-order valence-corrected chi connectivity index (χ1v) is 11.9. The van der Waals surface area contributed by atoms with Crippen LogP contribution in [0.25, 0.3) is 33.5 Å². The second-order valence-electron chi connectivity index (χ2n) is 8.98. The lowest BCUT2D eigenvalue weighted by atomic mass is 10.1. The van der Waals surface area contributed by atoms with Crippen LogP contribution in [-0.2, 0) is 0 Å². The number of hydrogen-bond donors (Lipinski definition) is 3. The second-order valence-corrected chi connectivity index (χ2v) is 8.98. The number of anilines is 5. The van der Waals surface area contributed by atoms with Crippen LogP contribution < -0.4 is 15.5 Å². The van der Waals surface area contributed by atoms with Gasteiger partial charge in [0.25, 0.3) is 0 Å². The molecule has 182 valence electrons. The minimum atomic E-state index is 0.632. The molecular weight excluding hydrogens is 462 g/mol. The van der Waals surface area contributed by atoms with Gasteiger partial charge in [0.15, 0.2) is 5.65 Å². The SMILES string of the molecule is Cc1cc(Nc2ccc3[nH]c(-c4ccc(Nc5ccnc6ccc(N(C)C)cc56)nc4)nc3n2)ccn1. The van der Waals surface area contributed by atoms with E-state index < -0.39 is 0 Å². The number of hydrogen-bond acceptors (Lipinski definition) is 8. The number of pyridine rings is 4. The largest absolute Gasteiger partial charge is 0.378 e. The maximum Gasteiger partial charge on any atom is 0.180 e. The van der Waals surface area contributed by atoms with Crippen molar-refractivity contribution in [2.75, 3.05) is 29.6 Å². The van der Waals surface area contributed by atoms with Crippen molar-refractivity contribution in [1.29, 1.82) is 0 Å². The third kappa shape index (κ3) is 4.62. The van der Waals surface area contributed by atoms with Gasteiger partial charge in [-0.2, -0.15) is 0 Å². The molecule has 0 unspecified atom stereocenters. The van der Waals surface area contributed by atoms with Gasteiger partial charge < -0.3 is 20.5 Å². The van der Waals surface area contributed by atoms with Gasteiger partial charge in [0.05, 0.1) is 16.7 Å². The zero-order valence-electron chi connectivity index (χ0n) is 20.7. The Kier molecular flexibility index (Phi) is 5.57. The normalized spacial score (nSPS) is 11.1. The first kappa shape index (κ1) is 22.4. The van der Waals surface area contributed by atoms with Crippen LogP contribution in [0.5, 0.6) is 0 Å². The van der Waals surface area contributed by atoms with E-state index in [1.165, 1.54) is 0 Å². The number of nitrogens with one attached hydrogen (secondary N) is 3.